The van der Waals surface area contributed by atoms with E-state index in [9.17, 15) is 36.3 Å². The van der Waals surface area contributed by atoms with Gasteiger partial charge in [-0.15, -0.1) is 0 Å². The summed E-state index contributed by atoms with van der Waals surface area (Å²) in [5.41, 5.74) is -1.83. The molecule has 2 aromatic rings. The van der Waals surface area contributed by atoms with Gasteiger partial charge in [0.1, 0.15) is 4.60 Å². The predicted molar refractivity (Wildman–Crippen MR) is 162 cm³/mol. The zero-order chi connectivity index (χ0) is 32.5. The van der Waals surface area contributed by atoms with E-state index in [-0.39, 0.29) is 34.7 Å². The van der Waals surface area contributed by atoms with Crippen LogP contribution in [0.15, 0.2) is 27.7 Å². The van der Waals surface area contributed by atoms with Crippen molar-refractivity contribution in [2.75, 3.05) is 6.54 Å². The molecule has 0 spiro atoms. The van der Waals surface area contributed by atoms with Crippen LogP contribution in [-0.2, 0) is 27.4 Å². The minimum absolute atomic E-state index is 0.0638. The first kappa shape index (κ1) is 35.1. The highest BCUT2D eigenvalue weighted by molar-refractivity contribution is 9.10. The fourth-order valence-electron chi connectivity index (χ4n) is 5.39. The van der Waals surface area contributed by atoms with Gasteiger partial charge in [-0.2, -0.15) is 13.2 Å². The lowest BCUT2D eigenvalue weighted by Crippen LogP contribution is -2.41. The highest BCUT2D eigenvalue weighted by Crippen LogP contribution is 2.39. The first-order chi connectivity index (χ1) is 19.7. The normalized spacial score (nSPS) is 15.5. The number of benzene rings is 1. The third-order valence-corrected chi connectivity index (χ3v) is 10.4. The van der Waals surface area contributed by atoms with Gasteiger partial charge >= 0.3 is 12.1 Å². The van der Waals surface area contributed by atoms with Crippen LogP contribution in [0.4, 0.5) is 13.2 Å². The first-order valence-corrected chi connectivity index (χ1v) is 16.6. The second-order valence-corrected chi connectivity index (χ2v) is 15.4. The largest absolute Gasteiger partial charge is 0.481 e. The second-order valence-electron chi connectivity index (χ2n) is 13.0. The lowest BCUT2D eigenvalue weighted by molar-refractivity contribution is -0.147. The molecule has 0 radical (unpaired) electrons. The maximum absolute atomic E-state index is 14.4. The van der Waals surface area contributed by atoms with Gasteiger partial charge in [-0.1, -0.05) is 32.1 Å². The second kappa shape index (κ2) is 12.9. The standard InChI is InChI=1S/C30H41BrF3N3O5S/c1-18-22(16-19-10-8-7-9-11-19)37(25(31)24(18)26(38)35-15-14-29(5,6)27(39)40)20-12-13-23(21(17-20)30(32,33)34)43(41,42)36-28(2,3)4/h12-13,17,19,36H,7-11,14-16H2,1-6H3,(H,35,38)(H,39,40). The molecule has 0 atom stereocenters. The van der Waals surface area contributed by atoms with Gasteiger partial charge in [-0.3, -0.25) is 9.59 Å². The average Bonchev–Trinajstić information content (AvgIpc) is 3.11. The number of aromatic nitrogens is 1. The highest BCUT2D eigenvalue weighted by Gasteiger charge is 2.39. The van der Waals surface area contributed by atoms with Crippen LogP contribution in [0.2, 0.25) is 0 Å². The molecule has 0 unspecified atom stereocenters. The van der Waals surface area contributed by atoms with Crippen molar-refractivity contribution in [3.05, 3.63) is 45.2 Å². The van der Waals surface area contributed by atoms with Crippen molar-refractivity contribution in [2.24, 2.45) is 11.3 Å². The number of rotatable bonds is 10. The Balaban J connectivity index is 2.15. The number of hydrogen-bond acceptors (Lipinski definition) is 4. The Morgan fingerprint density at radius 1 is 1.07 bits per heavy atom. The number of carbonyl (C=O) groups is 2. The number of carboxylic acids is 1. The minimum Gasteiger partial charge on any atom is -0.481 e. The molecule has 3 N–H and O–H groups in total. The molecule has 13 heteroatoms. The lowest BCUT2D eigenvalue weighted by atomic mass is 9.85. The number of carbonyl (C=O) groups excluding carboxylic acids is 1. The van der Waals surface area contributed by atoms with Crippen LogP contribution < -0.4 is 10.0 Å². The zero-order valence-electron chi connectivity index (χ0n) is 25.4. The van der Waals surface area contributed by atoms with Crippen LogP contribution in [0.1, 0.15) is 100 Å². The summed E-state index contributed by atoms with van der Waals surface area (Å²) in [6.45, 7) is 9.56. The number of sulfonamides is 1. The number of alkyl halides is 3. The molecule has 0 aliphatic heterocycles. The van der Waals surface area contributed by atoms with Crippen LogP contribution >= 0.6 is 15.9 Å². The molecule has 1 fully saturated rings. The van der Waals surface area contributed by atoms with Gasteiger partial charge in [0, 0.05) is 23.5 Å². The van der Waals surface area contributed by atoms with Gasteiger partial charge in [-0.25, -0.2) is 13.1 Å². The van der Waals surface area contributed by atoms with Crippen LogP contribution in [0.3, 0.4) is 0 Å². The molecule has 1 heterocycles. The summed E-state index contributed by atoms with van der Waals surface area (Å²) in [6.07, 6.45) is 0.842. The van der Waals surface area contributed by atoms with E-state index in [4.69, 9.17) is 0 Å². The van der Waals surface area contributed by atoms with Crippen molar-refractivity contribution in [1.29, 1.82) is 0 Å². The van der Waals surface area contributed by atoms with Crippen LogP contribution in [-0.4, -0.2) is 42.1 Å². The average molecular weight is 693 g/mol. The van der Waals surface area contributed by atoms with Crippen LogP contribution in [0.5, 0.6) is 0 Å². The summed E-state index contributed by atoms with van der Waals surface area (Å²) in [4.78, 5) is 24.0. The smallest absolute Gasteiger partial charge is 0.417 e. The Hall–Kier alpha value is -2.38. The highest BCUT2D eigenvalue weighted by atomic mass is 79.9. The molecule has 3 rings (SSSR count). The Bertz CT molecular complexity index is 1470. The number of nitrogens with one attached hydrogen (secondary N) is 2. The van der Waals surface area contributed by atoms with Crippen molar-refractivity contribution in [1.82, 2.24) is 14.6 Å². The summed E-state index contributed by atoms with van der Waals surface area (Å²) in [5.74, 6) is -1.21. The van der Waals surface area contributed by atoms with Crippen molar-refractivity contribution >= 4 is 37.8 Å². The maximum atomic E-state index is 14.4. The number of hydrogen-bond donors (Lipinski definition) is 3. The SMILES string of the molecule is Cc1c(C(=O)NCCC(C)(C)C(=O)O)c(Br)n(-c2ccc(S(=O)(=O)NC(C)(C)C)c(C(F)(F)F)c2)c1CC1CCCCC1. The molecule has 240 valence electrons. The van der Waals surface area contributed by atoms with E-state index in [0.29, 0.717) is 17.7 Å². The van der Waals surface area contributed by atoms with E-state index in [0.717, 1.165) is 44.2 Å². The molecule has 8 nitrogen and oxygen atoms in total. The van der Waals surface area contributed by atoms with Crippen molar-refractivity contribution in [2.45, 2.75) is 103 Å². The van der Waals surface area contributed by atoms with E-state index in [1.54, 1.807) is 46.1 Å². The zero-order valence-corrected chi connectivity index (χ0v) is 27.8. The number of nitrogens with zero attached hydrogens (tertiary/aromatic N) is 1. The number of carboxylic acid groups (broad SMARTS) is 1. The quantitative estimate of drug-likeness (QED) is 0.248. The molecule has 1 aromatic carbocycles. The van der Waals surface area contributed by atoms with Crippen LogP contribution in [0.25, 0.3) is 5.69 Å². The van der Waals surface area contributed by atoms with Crippen molar-refractivity contribution in [3.8, 4) is 5.69 Å². The topological polar surface area (TPSA) is 118 Å². The molecule has 1 aliphatic carbocycles. The van der Waals surface area contributed by atoms with E-state index in [1.807, 2.05) is 0 Å². The van der Waals surface area contributed by atoms with Crippen molar-refractivity contribution in [3.63, 3.8) is 0 Å². The number of halogens is 4. The maximum Gasteiger partial charge on any atom is 0.417 e. The van der Waals surface area contributed by atoms with Gasteiger partial charge in [0.25, 0.3) is 5.91 Å². The van der Waals surface area contributed by atoms with E-state index in [1.165, 1.54) is 6.07 Å². The minimum atomic E-state index is -4.98. The van der Waals surface area contributed by atoms with Gasteiger partial charge in [-0.05, 0) is 100.0 Å². The summed E-state index contributed by atoms with van der Waals surface area (Å²) in [5, 5.41) is 12.2. The molecule has 1 amide bonds. The number of aliphatic carboxylic acids is 1. The third kappa shape index (κ3) is 8.42. The first-order valence-electron chi connectivity index (χ1n) is 14.3. The lowest BCUT2D eigenvalue weighted by Gasteiger charge is -2.24. The molecular weight excluding hydrogens is 651 g/mol. The number of amides is 1. The molecule has 0 saturated heterocycles. The van der Waals surface area contributed by atoms with Gasteiger partial charge < -0.3 is 15.0 Å². The summed E-state index contributed by atoms with van der Waals surface area (Å²) in [7, 11) is -4.52. The fourth-order valence-corrected chi connectivity index (χ4v) is 7.92. The summed E-state index contributed by atoms with van der Waals surface area (Å²) < 4.78 is 73.2. The summed E-state index contributed by atoms with van der Waals surface area (Å²) in [6, 6.07) is 3.08. The molecular formula is C30H41BrF3N3O5S. The van der Waals surface area contributed by atoms with E-state index >= 15 is 0 Å². The fraction of sp³-hybridized carbons (Fsp3) is 0.600. The van der Waals surface area contributed by atoms with Gasteiger partial charge in [0.05, 0.1) is 21.4 Å². The molecule has 1 aliphatic rings. The summed E-state index contributed by atoms with van der Waals surface area (Å²) >= 11 is 3.48. The predicted octanol–water partition coefficient (Wildman–Crippen LogP) is 7.00. The van der Waals surface area contributed by atoms with Gasteiger partial charge in [0.15, 0.2) is 0 Å². The molecule has 1 saturated carbocycles. The molecule has 0 bridgehead atoms. The Morgan fingerprint density at radius 2 is 1.67 bits per heavy atom. The van der Waals surface area contributed by atoms with Gasteiger partial charge in [0.2, 0.25) is 10.0 Å². The Morgan fingerprint density at radius 3 is 2.21 bits per heavy atom. The Labute approximate surface area is 260 Å². The molecule has 43 heavy (non-hydrogen) atoms. The monoisotopic (exact) mass is 691 g/mol. The van der Waals surface area contributed by atoms with E-state index < -0.39 is 49.5 Å². The van der Waals surface area contributed by atoms with E-state index in [2.05, 4.69) is 26.0 Å². The third-order valence-electron chi connectivity index (χ3n) is 7.79. The molecule has 1 aromatic heterocycles. The van der Waals surface area contributed by atoms with Crippen LogP contribution in [0, 0.1) is 18.3 Å². The van der Waals surface area contributed by atoms with Crippen molar-refractivity contribution < 1.29 is 36.3 Å². The Kier molecular flexibility index (Phi) is 10.6.